The molecular formula is C14H20N2O2S. The fourth-order valence-electron chi connectivity index (χ4n) is 2.03. The molecule has 1 aromatic heterocycles. The second-order valence-corrected chi connectivity index (χ2v) is 6.07. The maximum atomic E-state index is 12.3. The lowest BCUT2D eigenvalue weighted by atomic mass is 10.1. The summed E-state index contributed by atoms with van der Waals surface area (Å²) in [5.74, 6) is -0.0977. The van der Waals surface area contributed by atoms with Crippen molar-refractivity contribution in [1.82, 2.24) is 5.32 Å². The molecule has 1 heterocycles. The predicted octanol–water partition coefficient (Wildman–Crippen LogP) is 2.86. The first-order valence-corrected chi connectivity index (χ1v) is 7.61. The molecule has 0 unspecified atom stereocenters. The van der Waals surface area contributed by atoms with Gasteiger partial charge in [-0.05, 0) is 31.7 Å². The van der Waals surface area contributed by atoms with Gasteiger partial charge in [-0.2, -0.15) is 0 Å². The van der Waals surface area contributed by atoms with Gasteiger partial charge < -0.3 is 10.6 Å². The molecule has 2 N–H and O–H groups in total. The van der Waals surface area contributed by atoms with Crippen LogP contribution in [0, 0.1) is 6.92 Å². The lowest BCUT2D eigenvalue weighted by Gasteiger charge is -2.08. The van der Waals surface area contributed by atoms with Crippen LogP contribution in [-0.4, -0.2) is 17.9 Å². The molecule has 1 aliphatic rings. The van der Waals surface area contributed by atoms with E-state index >= 15 is 0 Å². The molecule has 19 heavy (non-hydrogen) atoms. The lowest BCUT2D eigenvalue weighted by molar-refractivity contribution is -0.115. The molecule has 104 valence electrons. The number of amides is 2. The van der Waals surface area contributed by atoms with E-state index in [0.717, 1.165) is 29.7 Å². The zero-order valence-corrected chi connectivity index (χ0v) is 12.4. The van der Waals surface area contributed by atoms with Gasteiger partial charge in [0.2, 0.25) is 5.91 Å². The first-order valence-electron chi connectivity index (χ1n) is 6.79. The van der Waals surface area contributed by atoms with Crippen LogP contribution in [0.15, 0.2) is 0 Å². The third-order valence-electron chi connectivity index (χ3n) is 3.28. The Hall–Kier alpha value is -1.36. The summed E-state index contributed by atoms with van der Waals surface area (Å²) >= 11 is 1.49. The Balaban J connectivity index is 2.30. The minimum Gasteiger partial charge on any atom is -0.349 e. The van der Waals surface area contributed by atoms with Crippen molar-refractivity contribution in [3.8, 4) is 0 Å². The predicted molar refractivity (Wildman–Crippen MR) is 77.8 cm³/mol. The van der Waals surface area contributed by atoms with Crippen LogP contribution in [0.1, 0.15) is 53.9 Å². The molecule has 2 amide bonds. The summed E-state index contributed by atoms with van der Waals surface area (Å²) in [6, 6.07) is 0.326. The van der Waals surface area contributed by atoms with E-state index in [1.807, 2.05) is 13.8 Å². The molecule has 1 aliphatic carbocycles. The van der Waals surface area contributed by atoms with Crippen LogP contribution in [0.5, 0.6) is 0 Å². The van der Waals surface area contributed by atoms with Crippen LogP contribution >= 0.6 is 11.3 Å². The Bertz CT molecular complexity index is 504. The van der Waals surface area contributed by atoms with Gasteiger partial charge in [0.1, 0.15) is 5.00 Å². The van der Waals surface area contributed by atoms with Gasteiger partial charge in [-0.15, -0.1) is 11.3 Å². The van der Waals surface area contributed by atoms with Gasteiger partial charge in [0.05, 0.1) is 5.56 Å². The van der Waals surface area contributed by atoms with Gasteiger partial charge in [0.15, 0.2) is 0 Å². The minimum absolute atomic E-state index is 0.0462. The molecule has 1 saturated carbocycles. The summed E-state index contributed by atoms with van der Waals surface area (Å²) in [5, 5.41) is 6.55. The number of rotatable bonds is 5. The van der Waals surface area contributed by atoms with Crippen LogP contribution in [0.3, 0.4) is 0 Å². The van der Waals surface area contributed by atoms with E-state index in [-0.39, 0.29) is 11.8 Å². The molecule has 4 nitrogen and oxygen atoms in total. The molecule has 1 aromatic rings. The summed E-state index contributed by atoms with van der Waals surface area (Å²) in [4.78, 5) is 25.0. The number of aryl methyl sites for hydroxylation is 1. The van der Waals surface area contributed by atoms with Gasteiger partial charge in [0, 0.05) is 17.3 Å². The number of hydrogen-bond acceptors (Lipinski definition) is 3. The largest absolute Gasteiger partial charge is 0.349 e. The molecular weight excluding hydrogens is 260 g/mol. The highest BCUT2D eigenvalue weighted by atomic mass is 32.1. The third kappa shape index (κ3) is 3.15. The molecule has 0 atom stereocenters. The summed E-state index contributed by atoms with van der Waals surface area (Å²) in [6.45, 7) is 5.84. The van der Waals surface area contributed by atoms with Gasteiger partial charge in [-0.25, -0.2) is 0 Å². The average molecular weight is 280 g/mol. The monoisotopic (exact) mass is 280 g/mol. The Morgan fingerprint density at radius 2 is 2.00 bits per heavy atom. The van der Waals surface area contributed by atoms with E-state index in [1.54, 1.807) is 6.92 Å². The average Bonchev–Trinajstić information content (AvgIpc) is 3.12. The molecule has 2 rings (SSSR count). The summed E-state index contributed by atoms with van der Waals surface area (Å²) in [7, 11) is 0. The summed E-state index contributed by atoms with van der Waals surface area (Å²) < 4.78 is 0. The number of nitrogens with one attached hydrogen (secondary N) is 2. The van der Waals surface area contributed by atoms with Crippen molar-refractivity contribution in [1.29, 1.82) is 0 Å². The Morgan fingerprint density at radius 1 is 1.32 bits per heavy atom. The molecule has 0 aliphatic heterocycles. The molecule has 0 spiro atoms. The molecule has 0 bridgehead atoms. The van der Waals surface area contributed by atoms with Crippen molar-refractivity contribution in [2.75, 3.05) is 5.32 Å². The zero-order chi connectivity index (χ0) is 14.0. The van der Waals surface area contributed by atoms with Crippen molar-refractivity contribution in [3.05, 3.63) is 16.0 Å². The molecule has 0 saturated heterocycles. The molecule has 0 radical (unpaired) electrons. The standard InChI is InChI=1S/C14H20N2O2S/c1-4-10-8(3)19-14(16-11(17)5-2)12(10)13(18)15-9-6-7-9/h9H,4-7H2,1-3H3,(H,15,18)(H,16,17). The van der Waals surface area contributed by atoms with Crippen molar-refractivity contribution < 1.29 is 9.59 Å². The van der Waals surface area contributed by atoms with Crippen molar-refractivity contribution in [2.45, 2.75) is 52.5 Å². The highest BCUT2D eigenvalue weighted by molar-refractivity contribution is 7.16. The fourth-order valence-corrected chi connectivity index (χ4v) is 3.19. The van der Waals surface area contributed by atoms with Crippen LogP contribution < -0.4 is 10.6 Å². The van der Waals surface area contributed by atoms with E-state index in [1.165, 1.54) is 11.3 Å². The van der Waals surface area contributed by atoms with Crippen molar-refractivity contribution in [3.63, 3.8) is 0 Å². The lowest BCUT2D eigenvalue weighted by Crippen LogP contribution is -2.27. The van der Waals surface area contributed by atoms with E-state index in [9.17, 15) is 9.59 Å². The third-order valence-corrected chi connectivity index (χ3v) is 4.34. The van der Waals surface area contributed by atoms with Crippen LogP contribution in [0.4, 0.5) is 5.00 Å². The van der Waals surface area contributed by atoms with Gasteiger partial charge in [-0.3, -0.25) is 9.59 Å². The second-order valence-electron chi connectivity index (χ2n) is 4.84. The zero-order valence-electron chi connectivity index (χ0n) is 11.6. The number of hydrogen-bond donors (Lipinski definition) is 2. The van der Waals surface area contributed by atoms with Crippen molar-refractivity contribution in [2.24, 2.45) is 0 Å². The van der Waals surface area contributed by atoms with E-state index < -0.39 is 0 Å². The molecule has 1 fully saturated rings. The first-order chi connectivity index (χ1) is 9.06. The molecule has 0 aromatic carbocycles. The highest BCUT2D eigenvalue weighted by Crippen LogP contribution is 2.34. The van der Waals surface area contributed by atoms with Crippen LogP contribution in [0.25, 0.3) is 0 Å². The Labute approximate surface area is 117 Å². The van der Waals surface area contributed by atoms with Gasteiger partial charge in [0.25, 0.3) is 5.91 Å². The first kappa shape index (κ1) is 14.1. The van der Waals surface area contributed by atoms with E-state index in [4.69, 9.17) is 0 Å². The quantitative estimate of drug-likeness (QED) is 0.871. The highest BCUT2D eigenvalue weighted by Gasteiger charge is 2.28. The van der Waals surface area contributed by atoms with E-state index in [2.05, 4.69) is 10.6 Å². The minimum atomic E-state index is -0.0515. The topological polar surface area (TPSA) is 58.2 Å². The van der Waals surface area contributed by atoms with Crippen LogP contribution in [0.2, 0.25) is 0 Å². The number of thiophene rings is 1. The smallest absolute Gasteiger partial charge is 0.254 e. The second kappa shape index (κ2) is 5.74. The van der Waals surface area contributed by atoms with Gasteiger partial charge in [-0.1, -0.05) is 13.8 Å². The molecule has 5 heteroatoms. The van der Waals surface area contributed by atoms with E-state index in [0.29, 0.717) is 23.0 Å². The number of carbonyl (C=O) groups is 2. The Morgan fingerprint density at radius 3 is 2.53 bits per heavy atom. The van der Waals surface area contributed by atoms with Crippen molar-refractivity contribution >= 4 is 28.2 Å². The fraction of sp³-hybridized carbons (Fsp3) is 0.571. The Kier molecular flexibility index (Phi) is 4.24. The summed E-state index contributed by atoms with van der Waals surface area (Å²) in [5.41, 5.74) is 1.72. The SMILES string of the molecule is CCC(=O)Nc1sc(C)c(CC)c1C(=O)NC1CC1. The summed E-state index contributed by atoms with van der Waals surface area (Å²) in [6.07, 6.45) is 3.35. The maximum absolute atomic E-state index is 12.3. The van der Waals surface area contributed by atoms with Gasteiger partial charge >= 0.3 is 0 Å². The van der Waals surface area contributed by atoms with Crippen LogP contribution in [-0.2, 0) is 11.2 Å². The maximum Gasteiger partial charge on any atom is 0.254 e. The number of carbonyl (C=O) groups excluding carboxylic acids is 2. The number of anilines is 1. The normalized spacial score (nSPS) is 14.3.